The molecular weight excluding hydrogens is 583 g/mol. The van der Waals surface area contributed by atoms with Gasteiger partial charge in [0.05, 0.1) is 11.8 Å². The Morgan fingerprint density at radius 1 is 1.11 bits per heavy atom. The molecule has 12 nitrogen and oxygen atoms in total. The molecule has 14 heteroatoms. The van der Waals surface area contributed by atoms with E-state index in [9.17, 15) is 9.59 Å². The summed E-state index contributed by atoms with van der Waals surface area (Å²) in [6.45, 7) is 10.1. The molecule has 44 heavy (non-hydrogen) atoms. The van der Waals surface area contributed by atoms with E-state index in [1.165, 1.54) is 17.3 Å². The average molecular weight is 617 g/mol. The first kappa shape index (κ1) is 29.4. The topological polar surface area (TPSA) is 122 Å². The van der Waals surface area contributed by atoms with Gasteiger partial charge in [-0.25, -0.2) is 28.4 Å². The summed E-state index contributed by atoms with van der Waals surface area (Å²) in [4.78, 5) is 36.2. The summed E-state index contributed by atoms with van der Waals surface area (Å²) in [5.41, 5.74) is 1.99. The molecule has 1 amide bonds. The van der Waals surface area contributed by atoms with Crippen LogP contribution in [-0.2, 0) is 22.7 Å². The number of halogens is 1. The second kappa shape index (κ2) is 11.8. The van der Waals surface area contributed by atoms with Crippen LogP contribution >= 0.6 is 0 Å². The quantitative estimate of drug-likeness (QED) is 0.159. The fourth-order valence-corrected chi connectivity index (χ4v) is 5.80. The maximum absolute atomic E-state index is 15.4. The Balaban J connectivity index is 1.26. The first-order valence-electron chi connectivity index (χ1n) is 14.4. The van der Waals surface area contributed by atoms with E-state index in [-0.39, 0.29) is 36.1 Å². The van der Waals surface area contributed by atoms with Crippen LogP contribution in [0.4, 0.5) is 15.0 Å². The molecule has 6 rings (SSSR count). The average Bonchev–Trinajstić information content (AvgIpc) is 3.73. The Hall–Kier alpha value is -4.69. The molecule has 0 N–H and O–H groups in total. The lowest BCUT2D eigenvalue weighted by atomic mass is 10.1. The summed E-state index contributed by atoms with van der Waals surface area (Å²) < 4.78 is 31.2. The van der Waals surface area contributed by atoms with Crippen molar-refractivity contribution in [1.29, 1.82) is 0 Å². The maximum atomic E-state index is 15.4. The number of cyclic esters (lactones) is 1. The molecule has 228 valence electrons. The highest BCUT2D eigenvalue weighted by Crippen LogP contribution is 2.33. The van der Waals surface area contributed by atoms with E-state index in [1.807, 2.05) is 6.92 Å². The predicted molar refractivity (Wildman–Crippen MR) is 164 cm³/mol. The van der Waals surface area contributed by atoms with Gasteiger partial charge in [0.2, 0.25) is 0 Å². The van der Waals surface area contributed by atoms with Crippen molar-refractivity contribution in [2.24, 2.45) is 0 Å². The first-order chi connectivity index (χ1) is 21.1. The number of carbonyl (C=O) groups excluding carboxylic acids is 1. The number of nitrogens with zero attached hydrogens (tertiary/aromatic N) is 8. The minimum absolute atomic E-state index is 0.0157. The highest BCUT2D eigenvalue weighted by Gasteiger charge is 2.38. The van der Waals surface area contributed by atoms with Gasteiger partial charge >= 0.3 is 6.09 Å². The van der Waals surface area contributed by atoms with E-state index in [1.54, 1.807) is 62.7 Å². The zero-order valence-corrected chi connectivity index (χ0v) is 26.0. The monoisotopic (exact) mass is 616 g/mol. The molecule has 0 spiro atoms. The Morgan fingerprint density at radius 2 is 1.95 bits per heavy atom. The largest absolute Gasteiger partial charge is 0.447 e. The third-order valence-corrected chi connectivity index (χ3v) is 9.21. The Kier molecular flexibility index (Phi) is 7.86. The number of ether oxygens (including phenoxy) is 2. The minimum atomic E-state index is -1.20. The lowest BCUT2D eigenvalue weighted by molar-refractivity contribution is 0.0784. The molecule has 1 aromatic carbocycles. The zero-order valence-electron chi connectivity index (χ0n) is 25.0. The predicted octanol–water partition coefficient (Wildman–Crippen LogP) is 4.99. The molecule has 1 aliphatic heterocycles. The number of fused-ring (bicyclic) bond motifs is 1. The zero-order chi connectivity index (χ0) is 31.0. The van der Waals surface area contributed by atoms with Crippen molar-refractivity contribution < 1.29 is 18.7 Å². The van der Waals surface area contributed by atoms with Gasteiger partial charge in [0.15, 0.2) is 11.5 Å². The number of amides is 1. The van der Waals surface area contributed by atoms with Gasteiger partial charge in [-0.1, -0.05) is 25.7 Å². The molecular formula is C30H33FN8O4Si. The number of aryl methyl sites for hydroxylation is 1. The van der Waals surface area contributed by atoms with Gasteiger partial charge in [0.1, 0.15) is 37.3 Å². The number of hydrogen-bond acceptors (Lipinski definition) is 8. The van der Waals surface area contributed by atoms with Gasteiger partial charge in [0.25, 0.3) is 5.56 Å². The molecule has 1 saturated heterocycles. The van der Waals surface area contributed by atoms with Crippen LogP contribution < -0.4 is 10.5 Å². The van der Waals surface area contributed by atoms with Crippen LogP contribution in [0.5, 0.6) is 0 Å². The van der Waals surface area contributed by atoms with Crippen molar-refractivity contribution >= 4 is 25.6 Å². The summed E-state index contributed by atoms with van der Waals surface area (Å²) in [5, 5.41) is 8.74. The number of aromatic nitrogens is 7. The maximum Gasteiger partial charge on any atom is 0.416 e. The minimum Gasteiger partial charge on any atom is -0.447 e. The Bertz CT molecular complexity index is 1900. The summed E-state index contributed by atoms with van der Waals surface area (Å²) in [7, 11) is -1.20. The number of anilines is 1. The molecule has 5 aromatic rings. The standard InChI is InChI=1S/C30H33FN8O4Si/c1-5-36-11-6-7-22(29(36)40)25-17-43-30(41)39(25)26-10-12-38-28(34-26)23(16-33-38)20-8-9-21(24(31)15-20)27-32-18-37(35-27)19-42-13-14-44(2,3)4/h6-12,15-16,18,25H,5,13-14,17,19H2,1-4H3. The smallest absolute Gasteiger partial charge is 0.416 e. The number of carbonyl (C=O) groups is 1. The lowest BCUT2D eigenvalue weighted by Crippen LogP contribution is -2.33. The number of rotatable bonds is 10. The summed E-state index contributed by atoms with van der Waals surface area (Å²) in [6, 6.07) is 10.2. The lowest BCUT2D eigenvalue weighted by Gasteiger charge is -2.21. The normalized spacial score (nSPS) is 15.3. The van der Waals surface area contributed by atoms with Crippen LogP contribution in [0.3, 0.4) is 0 Å². The molecule has 5 heterocycles. The summed E-state index contributed by atoms with van der Waals surface area (Å²) in [5.74, 6) is 0.0385. The van der Waals surface area contributed by atoms with Crippen LogP contribution in [0, 0.1) is 5.82 Å². The number of pyridine rings is 1. The third kappa shape index (κ3) is 5.77. The van der Waals surface area contributed by atoms with Crippen molar-refractivity contribution in [3.05, 3.63) is 83.1 Å². The fraction of sp³-hybridized carbons (Fsp3) is 0.333. The van der Waals surface area contributed by atoms with Gasteiger partial charge in [0, 0.05) is 44.7 Å². The van der Waals surface area contributed by atoms with Crippen molar-refractivity contribution in [1.82, 2.24) is 33.9 Å². The fourth-order valence-electron chi connectivity index (χ4n) is 5.04. The van der Waals surface area contributed by atoms with Crippen molar-refractivity contribution in [3.63, 3.8) is 0 Å². The Morgan fingerprint density at radius 3 is 2.73 bits per heavy atom. The molecule has 0 aliphatic carbocycles. The number of benzene rings is 1. The molecule has 1 atom stereocenters. The molecule has 1 unspecified atom stereocenters. The van der Waals surface area contributed by atoms with Crippen LogP contribution in [-0.4, -0.2) is 61.3 Å². The molecule has 0 radical (unpaired) electrons. The molecule has 0 saturated carbocycles. The van der Waals surface area contributed by atoms with Crippen molar-refractivity contribution in [2.45, 2.75) is 51.9 Å². The summed E-state index contributed by atoms with van der Waals surface area (Å²) >= 11 is 0. The van der Waals surface area contributed by atoms with E-state index >= 15 is 4.39 Å². The van der Waals surface area contributed by atoms with Crippen LogP contribution in [0.25, 0.3) is 28.2 Å². The SMILES string of the molecule is CCn1cccc(C2COC(=O)N2c2ccn3ncc(-c4ccc(-c5ncn(COCC[Si](C)(C)C)n5)c(F)c4)c3n2)c1=O. The molecule has 0 bridgehead atoms. The van der Waals surface area contributed by atoms with Crippen molar-refractivity contribution in [3.8, 4) is 22.5 Å². The summed E-state index contributed by atoms with van der Waals surface area (Å²) in [6.07, 6.45) is 5.86. The van der Waals surface area contributed by atoms with Crippen molar-refractivity contribution in [2.75, 3.05) is 18.1 Å². The Labute approximate surface area is 253 Å². The van der Waals surface area contributed by atoms with Crippen LogP contribution in [0.1, 0.15) is 18.5 Å². The highest BCUT2D eigenvalue weighted by atomic mass is 28.3. The molecule has 1 fully saturated rings. The van der Waals surface area contributed by atoms with Gasteiger partial charge in [-0.2, -0.15) is 5.10 Å². The van der Waals surface area contributed by atoms with E-state index < -0.39 is 26.0 Å². The van der Waals surface area contributed by atoms with E-state index in [4.69, 9.17) is 14.5 Å². The van der Waals surface area contributed by atoms with E-state index in [0.717, 1.165) is 6.04 Å². The van der Waals surface area contributed by atoms with E-state index in [0.29, 0.717) is 35.5 Å². The van der Waals surface area contributed by atoms with Gasteiger partial charge in [-0.3, -0.25) is 9.69 Å². The number of hydrogen-bond donors (Lipinski definition) is 0. The second-order valence-electron chi connectivity index (χ2n) is 11.8. The van der Waals surface area contributed by atoms with Crippen LogP contribution in [0.2, 0.25) is 25.7 Å². The van der Waals surface area contributed by atoms with Gasteiger partial charge in [-0.05, 0) is 48.9 Å². The second-order valence-corrected chi connectivity index (χ2v) is 17.4. The molecule has 1 aliphatic rings. The highest BCUT2D eigenvalue weighted by molar-refractivity contribution is 6.76. The first-order valence-corrected chi connectivity index (χ1v) is 18.1. The van der Waals surface area contributed by atoms with Crippen LogP contribution in [0.15, 0.2) is 66.1 Å². The third-order valence-electron chi connectivity index (χ3n) is 7.50. The van der Waals surface area contributed by atoms with Gasteiger partial charge < -0.3 is 14.0 Å². The van der Waals surface area contributed by atoms with Gasteiger partial charge in [-0.15, -0.1) is 5.10 Å². The molecule has 4 aromatic heterocycles. The van der Waals surface area contributed by atoms with E-state index in [2.05, 4.69) is 34.8 Å².